The molecule has 0 radical (unpaired) electrons. The highest BCUT2D eigenvalue weighted by atomic mass is 32.2. The van der Waals surface area contributed by atoms with Gasteiger partial charge < -0.3 is 25.7 Å². The number of rotatable bonds is 10. The molecule has 0 aromatic heterocycles. The summed E-state index contributed by atoms with van der Waals surface area (Å²) in [6.45, 7) is 4.44. The number of hydrazine groups is 1. The summed E-state index contributed by atoms with van der Waals surface area (Å²) in [5.41, 5.74) is 5.05. The zero-order valence-corrected chi connectivity index (χ0v) is 18.8. The maximum absolute atomic E-state index is 12.7. The zero-order valence-electron chi connectivity index (χ0n) is 18.0. The van der Waals surface area contributed by atoms with Gasteiger partial charge in [0.15, 0.2) is 0 Å². The van der Waals surface area contributed by atoms with Gasteiger partial charge in [0.2, 0.25) is 0 Å². The number of anilines is 1. The highest BCUT2D eigenvalue weighted by molar-refractivity contribution is 7.89. The molecule has 0 aliphatic heterocycles. The van der Waals surface area contributed by atoms with Gasteiger partial charge in [0.05, 0.1) is 23.2 Å². The van der Waals surface area contributed by atoms with Crippen LogP contribution < -0.4 is 15.6 Å². The zero-order chi connectivity index (χ0) is 24.1. The van der Waals surface area contributed by atoms with Gasteiger partial charge in [0.25, 0.3) is 15.9 Å². The van der Waals surface area contributed by atoms with E-state index in [1.54, 1.807) is 31.2 Å². The molecule has 10 nitrogen and oxygen atoms in total. The van der Waals surface area contributed by atoms with Crippen LogP contribution in [0, 0.1) is 20.8 Å². The fraction of sp³-hybridized carbons (Fsp3) is 0.381. The molecule has 0 bridgehead atoms. The van der Waals surface area contributed by atoms with Crippen molar-refractivity contribution in [1.29, 1.82) is 0 Å². The Kier molecular flexibility index (Phi) is 8.73. The fourth-order valence-electron chi connectivity index (χ4n) is 2.81. The third kappa shape index (κ3) is 6.48. The second-order valence-electron chi connectivity index (χ2n) is 7.54. The van der Waals surface area contributed by atoms with E-state index in [0.717, 1.165) is 16.7 Å². The van der Waals surface area contributed by atoms with E-state index in [1.807, 2.05) is 13.8 Å². The number of hydrogen-bond acceptors (Lipinski definition) is 8. The van der Waals surface area contributed by atoms with Gasteiger partial charge in [0.1, 0.15) is 12.2 Å². The van der Waals surface area contributed by atoms with Crippen LogP contribution in [0.15, 0.2) is 41.3 Å². The molecule has 0 saturated heterocycles. The Morgan fingerprint density at radius 1 is 0.969 bits per heavy atom. The molecule has 0 aliphatic carbocycles. The number of aliphatic hydroxyl groups excluding tert-OH is 4. The molecule has 11 heteroatoms. The lowest BCUT2D eigenvalue weighted by atomic mass is 10.0. The van der Waals surface area contributed by atoms with Gasteiger partial charge in [-0.1, -0.05) is 17.7 Å². The number of carbonyl (C=O) groups is 1. The predicted molar refractivity (Wildman–Crippen MR) is 118 cm³/mol. The number of aryl methyl sites for hydroxylation is 3. The van der Waals surface area contributed by atoms with Crippen LogP contribution in [-0.2, 0) is 10.0 Å². The van der Waals surface area contributed by atoms with E-state index in [1.165, 1.54) is 12.1 Å². The van der Waals surface area contributed by atoms with Crippen LogP contribution in [-0.4, -0.2) is 66.2 Å². The molecule has 3 atom stereocenters. The highest BCUT2D eigenvalue weighted by Crippen LogP contribution is 2.21. The van der Waals surface area contributed by atoms with Crippen molar-refractivity contribution < 1.29 is 33.6 Å². The topological polar surface area (TPSA) is 168 Å². The second-order valence-corrected chi connectivity index (χ2v) is 9.23. The number of aliphatic hydroxyl groups is 4. The van der Waals surface area contributed by atoms with Crippen LogP contribution in [0.4, 0.5) is 5.69 Å². The van der Waals surface area contributed by atoms with Crippen molar-refractivity contribution in [3.63, 3.8) is 0 Å². The van der Waals surface area contributed by atoms with Gasteiger partial charge in [-0.25, -0.2) is 8.42 Å². The molecule has 0 heterocycles. The van der Waals surface area contributed by atoms with Gasteiger partial charge in [0, 0.05) is 12.2 Å². The van der Waals surface area contributed by atoms with Crippen LogP contribution in [0.25, 0.3) is 0 Å². The monoisotopic (exact) mass is 467 g/mol. The molecule has 176 valence electrons. The first kappa shape index (κ1) is 25.7. The minimum Gasteiger partial charge on any atom is -0.394 e. The summed E-state index contributed by atoms with van der Waals surface area (Å²) in [6, 6.07) is 9.30. The van der Waals surface area contributed by atoms with Gasteiger partial charge in [-0.2, -0.15) is 0 Å². The largest absolute Gasteiger partial charge is 0.394 e. The molecule has 1 amide bonds. The number of sulfonamides is 1. The molecule has 0 fully saturated rings. The fourth-order valence-corrected chi connectivity index (χ4v) is 3.65. The Hall–Kier alpha value is -2.54. The van der Waals surface area contributed by atoms with E-state index in [2.05, 4.69) is 15.6 Å². The normalized spacial score (nSPS) is 14.5. The summed E-state index contributed by atoms with van der Waals surface area (Å²) in [4.78, 5) is 14.8. The van der Waals surface area contributed by atoms with Crippen LogP contribution in [0.2, 0.25) is 0 Å². The number of amides is 1. The van der Waals surface area contributed by atoms with Gasteiger partial charge in [-0.15, -0.1) is 4.83 Å². The van der Waals surface area contributed by atoms with E-state index in [4.69, 9.17) is 5.11 Å². The van der Waals surface area contributed by atoms with E-state index in [0.29, 0.717) is 0 Å². The minimum absolute atomic E-state index is 0.0126. The first-order valence-electron chi connectivity index (χ1n) is 9.85. The minimum atomic E-state index is -3.99. The quantitative estimate of drug-likeness (QED) is 0.234. The summed E-state index contributed by atoms with van der Waals surface area (Å²) < 4.78 is 24.8. The van der Waals surface area contributed by atoms with Crippen molar-refractivity contribution in [2.24, 2.45) is 0 Å². The van der Waals surface area contributed by atoms with E-state index < -0.39 is 40.8 Å². The van der Waals surface area contributed by atoms with Gasteiger partial charge in [-0.3, -0.25) is 10.2 Å². The Labute approximate surface area is 186 Å². The number of benzene rings is 2. The average molecular weight is 468 g/mol. The van der Waals surface area contributed by atoms with Crippen LogP contribution >= 0.6 is 0 Å². The number of hydrogen-bond donors (Lipinski definition) is 7. The maximum atomic E-state index is 12.7. The van der Waals surface area contributed by atoms with Crippen molar-refractivity contribution in [2.45, 2.75) is 44.0 Å². The van der Waals surface area contributed by atoms with E-state index >= 15 is 0 Å². The third-order valence-corrected chi connectivity index (χ3v) is 6.25. The Morgan fingerprint density at radius 3 is 2.16 bits per heavy atom. The first-order chi connectivity index (χ1) is 15.0. The Morgan fingerprint density at radius 2 is 1.56 bits per heavy atom. The van der Waals surface area contributed by atoms with Crippen molar-refractivity contribution in [1.82, 2.24) is 10.3 Å². The van der Waals surface area contributed by atoms with Crippen LogP contribution in [0.1, 0.15) is 27.0 Å². The Balaban J connectivity index is 2.16. The molecular formula is C21H29N3O7S. The molecular weight excluding hydrogens is 438 g/mol. The smallest absolute Gasteiger partial charge is 0.268 e. The van der Waals surface area contributed by atoms with Gasteiger partial charge in [-0.05, 0) is 56.2 Å². The van der Waals surface area contributed by atoms with E-state index in [9.17, 15) is 28.5 Å². The van der Waals surface area contributed by atoms with Crippen molar-refractivity contribution in [3.8, 4) is 0 Å². The molecule has 2 aromatic carbocycles. The second kappa shape index (κ2) is 10.9. The van der Waals surface area contributed by atoms with E-state index in [-0.39, 0.29) is 22.7 Å². The lowest BCUT2D eigenvalue weighted by Crippen LogP contribution is -2.43. The SMILES string of the molecule is Cc1ccc(S(=O)(=O)NNC(=O)c2cc(C)c(C)cc2NC[C@H](O)[C@@H](O)[C@H](O)CO)cc1. The molecule has 2 rings (SSSR count). The van der Waals surface area contributed by atoms with Crippen LogP contribution in [0.5, 0.6) is 0 Å². The summed E-state index contributed by atoms with van der Waals surface area (Å²) in [7, 11) is -3.99. The molecule has 0 unspecified atom stereocenters. The molecule has 0 aliphatic rings. The number of carbonyl (C=O) groups excluding carboxylic acids is 1. The standard InChI is InChI=1S/C21H29N3O7S/c1-12-4-6-15(7-5-12)32(30,31)24-23-21(29)16-8-13(2)14(3)9-17(16)22-10-18(26)20(28)19(27)11-25/h4-9,18-20,22,24-28H,10-11H2,1-3H3,(H,23,29)/t18-,19+,20+/m0/s1. The average Bonchev–Trinajstić information content (AvgIpc) is 2.76. The molecule has 2 aromatic rings. The highest BCUT2D eigenvalue weighted by Gasteiger charge is 2.25. The van der Waals surface area contributed by atoms with Gasteiger partial charge >= 0.3 is 0 Å². The summed E-state index contributed by atoms with van der Waals surface area (Å²) in [5, 5.41) is 41.0. The number of nitrogens with one attached hydrogen (secondary N) is 3. The summed E-state index contributed by atoms with van der Waals surface area (Å²) in [6.07, 6.45) is -4.56. The summed E-state index contributed by atoms with van der Waals surface area (Å²) >= 11 is 0. The summed E-state index contributed by atoms with van der Waals surface area (Å²) in [5.74, 6) is -0.739. The molecule has 32 heavy (non-hydrogen) atoms. The lowest BCUT2D eigenvalue weighted by Gasteiger charge is -2.23. The lowest BCUT2D eigenvalue weighted by molar-refractivity contribution is -0.0715. The van der Waals surface area contributed by atoms with Crippen LogP contribution in [0.3, 0.4) is 0 Å². The van der Waals surface area contributed by atoms with Crippen molar-refractivity contribution in [3.05, 3.63) is 58.7 Å². The van der Waals surface area contributed by atoms with Crippen molar-refractivity contribution in [2.75, 3.05) is 18.5 Å². The molecule has 0 saturated carbocycles. The van der Waals surface area contributed by atoms with Crippen molar-refractivity contribution >= 4 is 21.6 Å². The Bertz CT molecular complexity index is 1040. The first-order valence-corrected chi connectivity index (χ1v) is 11.3. The maximum Gasteiger partial charge on any atom is 0.268 e. The predicted octanol–water partition coefficient (Wildman–Crippen LogP) is -0.278. The molecule has 0 spiro atoms. The third-order valence-electron chi connectivity index (χ3n) is 4.99. The molecule has 7 N–H and O–H groups in total.